The third-order valence-electron chi connectivity index (χ3n) is 12.7. The summed E-state index contributed by atoms with van der Waals surface area (Å²) in [5, 5.41) is 0. The molecule has 0 saturated carbocycles. The largest absolute Gasteiger partial charge is 0.256 e. The van der Waals surface area contributed by atoms with Crippen molar-refractivity contribution < 1.29 is 0 Å². The summed E-state index contributed by atoms with van der Waals surface area (Å²) in [6.07, 6.45) is 9.44. The lowest BCUT2D eigenvalue weighted by Crippen LogP contribution is -2.22. The molecule has 6 aromatic carbocycles. The Morgan fingerprint density at radius 2 is 0.703 bits per heavy atom. The normalized spacial score (nSPS) is 11.7. The Morgan fingerprint density at radius 1 is 0.297 bits per heavy atom. The van der Waals surface area contributed by atoms with E-state index >= 15 is 0 Å². The van der Waals surface area contributed by atoms with Gasteiger partial charge in [-0.25, -0.2) is 0 Å². The van der Waals surface area contributed by atoms with Crippen LogP contribution in [0.5, 0.6) is 0 Å². The van der Waals surface area contributed by atoms with Gasteiger partial charge in [-0.3, -0.25) is 15.0 Å². The fourth-order valence-corrected chi connectivity index (χ4v) is 9.05. The van der Waals surface area contributed by atoms with Crippen LogP contribution in [-0.2, 0) is 36.5 Å². The molecule has 3 heteroatoms. The highest BCUT2D eigenvalue weighted by Crippen LogP contribution is 2.34. The summed E-state index contributed by atoms with van der Waals surface area (Å²) < 4.78 is 0. The van der Waals surface area contributed by atoms with Gasteiger partial charge in [-0.05, 0) is 129 Å². The van der Waals surface area contributed by atoms with Crippen molar-refractivity contribution in [3.05, 3.63) is 246 Å². The summed E-state index contributed by atoms with van der Waals surface area (Å²) in [6.45, 7) is 9.48. The fraction of sp³-hybridized carbons (Fsp3) is 0.164. The second-order valence-electron chi connectivity index (χ2n) is 18.4. The van der Waals surface area contributed by atoms with E-state index in [2.05, 4.69) is 208 Å². The lowest BCUT2D eigenvalue weighted by atomic mass is 9.76. The number of aromatic nitrogens is 3. The number of pyridine rings is 3. The zero-order chi connectivity index (χ0) is 43.9. The van der Waals surface area contributed by atoms with E-state index in [4.69, 9.17) is 4.98 Å². The molecule has 314 valence electrons. The van der Waals surface area contributed by atoms with Crippen molar-refractivity contribution in [1.82, 2.24) is 15.0 Å². The lowest BCUT2D eigenvalue weighted by molar-refractivity contribution is 0.514. The van der Waals surface area contributed by atoms with Gasteiger partial charge in [0.2, 0.25) is 0 Å². The quantitative estimate of drug-likeness (QED) is 0.110. The molecule has 0 amide bonds. The molecule has 0 saturated heterocycles. The van der Waals surface area contributed by atoms with Gasteiger partial charge in [-0.15, -0.1) is 0 Å². The smallest absolute Gasteiger partial charge is 0.0708 e. The Bertz CT molecular complexity index is 2800. The molecule has 0 N–H and O–H groups in total. The van der Waals surface area contributed by atoms with Crippen LogP contribution in [0.25, 0.3) is 56.0 Å². The zero-order valence-corrected chi connectivity index (χ0v) is 37.4. The van der Waals surface area contributed by atoms with Crippen molar-refractivity contribution in [3.8, 4) is 56.0 Å². The Kier molecular flexibility index (Phi) is 12.3. The third-order valence-corrected chi connectivity index (χ3v) is 12.7. The lowest BCUT2D eigenvalue weighted by Gasteiger charge is -2.28. The molecule has 3 nitrogen and oxygen atoms in total. The van der Waals surface area contributed by atoms with Gasteiger partial charge in [0.05, 0.1) is 17.1 Å². The summed E-state index contributed by atoms with van der Waals surface area (Å²) in [7, 11) is 0. The maximum Gasteiger partial charge on any atom is 0.0708 e. The van der Waals surface area contributed by atoms with Crippen molar-refractivity contribution >= 4 is 0 Å². The standard InChI is InChI=1S/C61H55N3/c1-60(2,55-30-26-51(27-31-55)57-14-8-10-35-62-57)42-46-38-45(39-47(40-46)43-61(3,4)56-32-28-52(29-33-56)58-15-9-11-36-63-58)17-16-44-18-20-53(21-19-44)59-41-54(34-37-64-59)50-24-22-49(23-25-50)48-12-6-5-7-13-48/h5-15,18-41H,16-17,42-43H2,1-4H3. The van der Waals surface area contributed by atoms with Crippen LogP contribution < -0.4 is 0 Å². The van der Waals surface area contributed by atoms with E-state index in [1.165, 1.54) is 55.6 Å². The summed E-state index contributed by atoms with van der Waals surface area (Å²) >= 11 is 0. The molecule has 0 unspecified atom stereocenters. The molecule has 0 aliphatic rings. The van der Waals surface area contributed by atoms with E-state index in [1.54, 1.807) is 0 Å². The van der Waals surface area contributed by atoms with Crippen molar-refractivity contribution in [2.75, 3.05) is 0 Å². The highest BCUT2D eigenvalue weighted by molar-refractivity contribution is 5.73. The predicted molar refractivity (Wildman–Crippen MR) is 267 cm³/mol. The molecule has 9 aromatic rings. The van der Waals surface area contributed by atoms with Crippen molar-refractivity contribution in [2.24, 2.45) is 0 Å². The summed E-state index contributed by atoms with van der Waals surface area (Å²) in [6, 6.07) is 70.2. The number of rotatable bonds is 14. The molecule has 0 radical (unpaired) electrons. The van der Waals surface area contributed by atoms with Crippen LogP contribution in [0.3, 0.4) is 0 Å². The highest BCUT2D eigenvalue weighted by Gasteiger charge is 2.25. The van der Waals surface area contributed by atoms with E-state index in [0.29, 0.717) is 0 Å². The fourth-order valence-electron chi connectivity index (χ4n) is 9.05. The zero-order valence-electron chi connectivity index (χ0n) is 37.4. The minimum Gasteiger partial charge on any atom is -0.256 e. The molecule has 0 aliphatic carbocycles. The molecule has 3 aromatic heterocycles. The topological polar surface area (TPSA) is 38.7 Å². The van der Waals surface area contributed by atoms with E-state index < -0.39 is 0 Å². The first kappa shape index (κ1) is 42.1. The van der Waals surface area contributed by atoms with Crippen LogP contribution in [0.4, 0.5) is 0 Å². The van der Waals surface area contributed by atoms with E-state index in [9.17, 15) is 0 Å². The van der Waals surface area contributed by atoms with Crippen molar-refractivity contribution in [2.45, 2.75) is 64.2 Å². The average Bonchev–Trinajstić information content (AvgIpc) is 3.34. The number of hydrogen-bond donors (Lipinski definition) is 0. The first-order chi connectivity index (χ1) is 31.1. The second kappa shape index (κ2) is 18.6. The first-order valence-corrected chi connectivity index (χ1v) is 22.5. The van der Waals surface area contributed by atoms with Gasteiger partial charge >= 0.3 is 0 Å². The molecule has 0 atom stereocenters. The summed E-state index contributed by atoms with van der Waals surface area (Å²) in [5.74, 6) is 0. The van der Waals surface area contributed by atoms with Gasteiger partial charge in [0.25, 0.3) is 0 Å². The molecular weight excluding hydrogens is 775 g/mol. The van der Waals surface area contributed by atoms with Gasteiger partial charge < -0.3 is 0 Å². The van der Waals surface area contributed by atoms with Gasteiger partial charge in [-0.1, -0.05) is 185 Å². The van der Waals surface area contributed by atoms with Gasteiger partial charge in [0.1, 0.15) is 0 Å². The van der Waals surface area contributed by atoms with E-state index in [1.807, 2.05) is 42.9 Å². The first-order valence-electron chi connectivity index (χ1n) is 22.5. The van der Waals surface area contributed by atoms with Crippen LogP contribution in [0.1, 0.15) is 61.1 Å². The molecule has 0 aliphatic heterocycles. The van der Waals surface area contributed by atoms with Crippen LogP contribution in [0, 0.1) is 0 Å². The Morgan fingerprint density at radius 3 is 1.22 bits per heavy atom. The van der Waals surface area contributed by atoms with Crippen molar-refractivity contribution in [3.63, 3.8) is 0 Å². The van der Waals surface area contributed by atoms with Gasteiger partial charge in [0.15, 0.2) is 0 Å². The van der Waals surface area contributed by atoms with E-state index in [0.717, 1.165) is 59.5 Å². The Hall–Kier alpha value is -7.23. The second-order valence-corrected chi connectivity index (χ2v) is 18.4. The average molecular weight is 830 g/mol. The van der Waals surface area contributed by atoms with Gasteiger partial charge in [-0.2, -0.15) is 0 Å². The molecule has 64 heavy (non-hydrogen) atoms. The molecule has 3 heterocycles. The SMILES string of the molecule is CC(C)(Cc1cc(CCc2ccc(-c3cc(-c4ccc(-c5ccccc5)cc4)ccn3)cc2)cc(CC(C)(C)c2ccc(-c3ccccn3)cc2)c1)c1ccc(-c2ccccn2)cc1. The van der Waals surface area contributed by atoms with Crippen LogP contribution >= 0.6 is 0 Å². The molecular formula is C61H55N3. The maximum absolute atomic E-state index is 4.78. The van der Waals surface area contributed by atoms with Crippen LogP contribution in [-0.4, -0.2) is 15.0 Å². The molecule has 9 rings (SSSR count). The minimum absolute atomic E-state index is 0.0673. The molecule has 0 fully saturated rings. The molecule has 0 spiro atoms. The van der Waals surface area contributed by atoms with Crippen LogP contribution in [0.15, 0.2) is 213 Å². The van der Waals surface area contributed by atoms with E-state index in [-0.39, 0.29) is 10.8 Å². The van der Waals surface area contributed by atoms with Crippen molar-refractivity contribution in [1.29, 1.82) is 0 Å². The highest BCUT2D eigenvalue weighted by atomic mass is 14.7. The van der Waals surface area contributed by atoms with Crippen LogP contribution in [0.2, 0.25) is 0 Å². The monoisotopic (exact) mass is 829 g/mol. The Labute approximate surface area is 379 Å². The number of aryl methyl sites for hydroxylation is 2. The number of benzene rings is 6. The molecule has 0 bridgehead atoms. The summed E-state index contributed by atoms with van der Waals surface area (Å²) in [4.78, 5) is 13.9. The summed E-state index contributed by atoms with van der Waals surface area (Å²) in [5.41, 5.74) is 19.2. The van der Waals surface area contributed by atoms with Gasteiger partial charge in [0, 0.05) is 35.3 Å². The predicted octanol–water partition coefficient (Wildman–Crippen LogP) is 15.0. The number of hydrogen-bond acceptors (Lipinski definition) is 3. The maximum atomic E-state index is 4.78. The minimum atomic E-state index is -0.0673. The number of nitrogens with zero attached hydrogens (tertiary/aromatic N) is 3. The Balaban J connectivity index is 0.935. The third kappa shape index (κ3) is 10.0.